The molecule has 0 saturated heterocycles. The largest absolute Gasteiger partial charge is 0.475 e. The first-order valence-corrected chi connectivity index (χ1v) is 7.50. The van der Waals surface area contributed by atoms with Gasteiger partial charge in [-0.3, -0.25) is 0 Å². The number of methoxy groups -OCH3 is 1. The standard InChI is InChI=1S/C16H28N2O3/c1-13(2)11-17-12-15-5-6-16(18-14(15)3)21-10-9-20-8-7-19-4/h5-6,13,17H,7-12H2,1-4H3. The van der Waals surface area contributed by atoms with Crippen molar-refractivity contribution in [3.05, 3.63) is 23.4 Å². The van der Waals surface area contributed by atoms with Crippen molar-refractivity contribution in [2.45, 2.75) is 27.3 Å². The molecule has 0 spiro atoms. The Labute approximate surface area is 128 Å². The fourth-order valence-electron chi connectivity index (χ4n) is 1.78. The molecule has 0 aromatic carbocycles. The summed E-state index contributed by atoms with van der Waals surface area (Å²) in [5.41, 5.74) is 2.21. The minimum Gasteiger partial charge on any atom is -0.475 e. The minimum atomic E-state index is 0.501. The molecule has 5 nitrogen and oxygen atoms in total. The van der Waals surface area contributed by atoms with Crippen LogP contribution in [-0.4, -0.2) is 45.1 Å². The number of ether oxygens (including phenoxy) is 3. The van der Waals surface area contributed by atoms with Crippen molar-refractivity contribution in [3.8, 4) is 5.88 Å². The summed E-state index contributed by atoms with van der Waals surface area (Å²) in [5.74, 6) is 1.30. The summed E-state index contributed by atoms with van der Waals surface area (Å²) in [5, 5.41) is 3.42. The Bertz CT molecular complexity index is 397. The van der Waals surface area contributed by atoms with Crippen LogP contribution in [0.1, 0.15) is 25.1 Å². The van der Waals surface area contributed by atoms with Crippen molar-refractivity contribution < 1.29 is 14.2 Å². The number of hydrogen-bond acceptors (Lipinski definition) is 5. The highest BCUT2D eigenvalue weighted by Crippen LogP contribution is 2.12. The Morgan fingerprint density at radius 1 is 1.14 bits per heavy atom. The van der Waals surface area contributed by atoms with E-state index >= 15 is 0 Å². The van der Waals surface area contributed by atoms with Gasteiger partial charge >= 0.3 is 0 Å². The van der Waals surface area contributed by atoms with E-state index < -0.39 is 0 Å². The van der Waals surface area contributed by atoms with E-state index in [1.54, 1.807) is 7.11 Å². The van der Waals surface area contributed by atoms with E-state index in [0.29, 0.717) is 38.2 Å². The lowest BCUT2D eigenvalue weighted by atomic mass is 10.2. The molecule has 1 aromatic rings. The molecular weight excluding hydrogens is 268 g/mol. The molecule has 0 radical (unpaired) electrons. The number of hydrogen-bond donors (Lipinski definition) is 1. The van der Waals surface area contributed by atoms with Gasteiger partial charge in [0.1, 0.15) is 6.61 Å². The Balaban J connectivity index is 2.29. The second-order valence-electron chi connectivity index (χ2n) is 5.37. The molecule has 5 heteroatoms. The van der Waals surface area contributed by atoms with Crippen LogP contribution in [-0.2, 0) is 16.0 Å². The molecule has 0 aliphatic rings. The Hall–Kier alpha value is -1.17. The molecule has 21 heavy (non-hydrogen) atoms. The van der Waals surface area contributed by atoms with Crippen LogP contribution in [0, 0.1) is 12.8 Å². The number of pyridine rings is 1. The van der Waals surface area contributed by atoms with Crippen molar-refractivity contribution in [1.82, 2.24) is 10.3 Å². The fourth-order valence-corrected chi connectivity index (χ4v) is 1.78. The minimum absolute atomic E-state index is 0.501. The maximum Gasteiger partial charge on any atom is 0.213 e. The second-order valence-corrected chi connectivity index (χ2v) is 5.37. The molecule has 1 heterocycles. The molecule has 0 fully saturated rings. The molecule has 1 aromatic heterocycles. The molecule has 0 amide bonds. The lowest BCUT2D eigenvalue weighted by Gasteiger charge is -2.11. The lowest BCUT2D eigenvalue weighted by molar-refractivity contribution is 0.0536. The second kappa shape index (κ2) is 10.5. The smallest absolute Gasteiger partial charge is 0.213 e. The van der Waals surface area contributed by atoms with Crippen molar-refractivity contribution >= 4 is 0 Å². The Kier molecular flexibility index (Phi) is 8.98. The van der Waals surface area contributed by atoms with Crippen molar-refractivity contribution in [2.24, 2.45) is 5.92 Å². The number of nitrogens with one attached hydrogen (secondary N) is 1. The highest BCUT2D eigenvalue weighted by molar-refractivity contribution is 5.24. The number of nitrogens with zero attached hydrogens (tertiary/aromatic N) is 1. The van der Waals surface area contributed by atoms with Gasteiger partial charge in [-0.05, 0) is 24.9 Å². The van der Waals surface area contributed by atoms with Crippen LogP contribution in [0.2, 0.25) is 0 Å². The monoisotopic (exact) mass is 296 g/mol. The van der Waals surface area contributed by atoms with Crippen LogP contribution in [0.4, 0.5) is 0 Å². The van der Waals surface area contributed by atoms with E-state index in [1.807, 2.05) is 13.0 Å². The zero-order valence-corrected chi connectivity index (χ0v) is 13.6. The van der Waals surface area contributed by atoms with Crippen LogP contribution < -0.4 is 10.1 Å². The molecule has 0 bridgehead atoms. The van der Waals surface area contributed by atoms with Crippen LogP contribution in [0.15, 0.2) is 12.1 Å². The van der Waals surface area contributed by atoms with E-state index in [0.717, 1.165) is 18.8 Å². The Morgan fingerprint density at radius 3 is 2.57 bits per heavy atom. The third-order valence-electron chi connectivity index (χ3n) is 2.95. The zero-order chi connectivity index (χ0) is 15.5. The molecule has 0 aliphatic heterocycles. The van der Waals surface area contributed by atoms with Crippen LogP contribution in [0.3, 0.4) is 0 Å². The van der Waals surface area contributed by atoms with Gasteiger partial charge in [-0.2, -0.15) is 0 Å². The Morgan fingerprint density at radius 2 is 1.90 bits per heavy atom. The van der Waals surface area contributed by atoms with Crippen LogP contribution >= 0.6 is 0 Å². The van der Waals surface area contributed by atoms with E-state index in [9.17, 15) is 0 Å². The summed E-state index contributed by atoms with van der Waals surface area (Å²) in [7, 11) is 1.66. The van der Waals surface area contributed by atoms with Gasteiger partial charge < -0.3 is 19.5 Å². The molecule has 1 rings (SSSR count). The van der Waals surface area contributed by atoms with Gasteiger partial charge in [0.2, 0.25) is 5.88 Å². The summed E-state index contributed by atoms with van der Waals surface area (Å²) in [6.45, 7) is 10.5. The first kappa shape index (κ1) is 17.9. The third kappa shape index (κ3) is 7.99. The summed E-state index contributed by atoms with van der Waals surface area (Å²) in [4.78, 5) is 4.46. The van der Waals surface area contributed by atoms with Gasteiger partial charge in [-0.15, -0.1) is 0 Å². The molecular formula is C16H28N2O3. The van der Waals surface area contributed by atoms with Gasteiger partial charge in [0.15, 0.2) is 0 Å². The summed E-state index contributed by atoms with van der Waals surface area (Å²) in [6.07, 6.45) is 0. The van der Waals surface area contributed by atoms with E-state index in [4.69, 9.17) is 14.2 Å². The van der Waals surface area contributed by atoms with E-state index in [1.165, 1.54) is 5.56 Å². The summed E-state index contributed by atoms with van der Waals surface area (Å²) >= 11 is 0. The van der Waals surface area contributed by atoms with Crippen LogP contribution in [0.5, 0.6) is 5.88 Å². The van der Waals surface area contributed by atoms with Gasteiger partial charge in [0.25, 0.3) is 0 Å². The van der Waals surface area contributed by atoms with Gasteiger partial charge in [0, 0.05) is 25.4 Å². The zero-order valence-electron chi connectivity index (χ0n) is 13.6. The molecule has 0 atom stereocenters. The molecule has 0 unspecified atom stereocenters. The number of rotatable bonds is 11. The van der Waals surface area contributed by atoms with Gasteiger partial charge in [-0.1, -0.05) is 19.9 Å². The van der Waals surface area contributed by atoms with Crippen molar-refractivity contribution in [3.63, 3.8) is 0 Å². The molecule has 1 N–H and O–H groups in total. The summed E-state index contributed by atoms with van der Waals surface area (Å²) in [6, 6.07) is 3.98. The normalized spacial score (nSPS) is 11.1. The first-order valence-electron chi connectivity index (χ1n) is 7.50. The maximum atomic E-state index is 5.57. The average Bonchev–Trinajstić information content (AvgIpc) is 2.44. The van der Waals surface area contributed by atoms with Crippen molar-refractivity contribution in [2.75, 3.05) is 40.1 Å². The van der Waals surface area contributed by atoms with E-state index in [-0.39, 0.29) is 0 Å². The highest BCUT2D eigenvalue weighted by atomic mass is 16.5. The quantitative estimate of drug-likeness (QED) is 0.634. The molecule has 120 valence electrons. The fraction of sp³-hybridized carbons (Fsp3) is 0.688. The maximum absolute atomic E-state index is 5.57. The predicted molar refractivity (Wildman–Crippen MR) is 83.7 cm³/mol. The van der Waals surface area contributed by atoms with Crippen molar-refractivity contribution in [1.29, 1.82) is 0 Å². The van der Waals surface area contributed by atoms with E-state index in [2.05, 4.69) is 30.2 Å². The average molecular weight is 296 g/mol. The SMILES string of the molecule is COCCOCCOc1ccc(CNCC(C)C)c(C)n1. The third-order valence-corrected chi connectivity index (χ3v) is 2.95. The lowest BCUT2D eigenvalue weighted by Crippen LogP contribution is -2.19. The number of aryl methyl sites for hydroxylation is 1. The number of aromatic nitrogens is 1. The van der Waals surface area contributed by atoms with Crippen LogP contribution in [0.25, 0.3) is 0 Å². The van der Waals surface area contributed by atoms with Gasteiger partial charge in [-0.25, -0.2) is 4.98 Å². The summed E-state index contributed by atoms with van der Waals surface area (Å²) < 4.78 is 15.8. The highest BCUT2D eigenvalue weighted by Gasteiger charge is 2.03. The first-order chi connectivity index (χ1) is 10.1. The van der Waals surface area contributed by atoms with Gasteiger partial charge in [0.05, 0.1) is 19.8 Å². The molecule has 0 aliphatic carbocycles. The predicted octanol–water partition coefficient (Wildman–Crippen LogP) is 2.18. The molecule has 0 saturated carbocycles. The topological polar surface area (TPSA) is 52.6 Å².